The molecule has 0 heterocycles. The Kier molecular flexibility index (Phi) is 6.33. The van der Waals surface area contributed by atoms with Crippen molar-refractivity contribution >= 4 is 5.78 Å². The summed E-state index contributed by atoms with van der Waals surface area (Å²) in [6, 6.07) is 17.5. The fourth-order valence-electron chi connectivity index (χ4n) is 2.95. The molecule has 0 spiro atoms. The van der Waals surface area contributed by atoms with Gasteiger partial charge in [0, 0.05) is 6.61 Å². The average molecular weight is 324 g/mol. The maximum atomic E-state index is 12.3. The van der Waals surface area contributed by atoms with Gasteiger partial charge >= 0.3 is 0 Å². The normalized spacial score (nSPS) is 13.1. The van der Waals surface area contributed by atoms with Gasteiger partial charge in [0.1, 0.15) is 18.1 Å². The molecule has 0 saturated heterocycles. The van der Waals surface area contributed by atoms with Gasteiger partial charge in [-0.05, 0) is 43.0 Å². The largest absolute Gasteiger partial charge is 0.489 e. The molecular formula is C21H24O3. The zero-order valence-electron chi connectivity index (χ0n) is 14.1. The first-order chi connectivity index (χ1) is 11.6. The Labute approximate surface area is 143 Å². The third kappa shape index (κ3) is 4.12. The Bertz CT molecular complexity index is 678. The first kappa shape index (κ1) is 18.0. The highest BCUT2D eigenvalue weighted by atomic mass is 16.5. The van der Waals surface area contributed by atoms with Gasteiger partial charge in [0.25, 0.3) is 0 Å². The van der Waals surface area contributed by atoms with Gasteiger partial charge in [-0.3, -0.25) is 4.79 Å². The Morgan fingerprint density at radius 3 is 2.58 bits per heavy atom. The second-order valence-electron chi connectivity index (χ2n) is 5.91. The highest BCUT2D eigenvalue weighted by molar-refractivity contribution is 5.88. The molecule has 0 saturated carbocycles. The van der Waals surface area contributed by atoms with E-state index in [1.165, 1.54) is 0 Å². The molecule has 126 valence electrons. The quantitative estimate of drug-likeness (QED) is 0.708. The highest BCUT2D eigenvalue weighted by Gasteiger charge is 2.35. The van der Waals surface area contributed by atoms with Crippen molar-refractivity contribution in [2.45, 2.75) is 31.8 Å². The molecule has 0 bridgehead atoms. The summed E-state index contributed by atoms with van der Waals surface area (Å²) in [4.78, 5) is 12.3. The summed E-state index contributed by atoms with van der Waals surface area (Å²) >= 11 is 0. The maximum Gasteiger partial charge on any atom is 0.140 e. The maximum absolute atomic E-state index is 12.3. The SMILES string of the molecule is C=CCC(CCO)(C(C)=O)c1cccc(OCc2ccccc2)c1. The van der Waals surface area contributed by atoms with Crippen molar-refractivity contribution in [1.29, 1.82) is 0 Å². The molecule has 0 aromatic heterocycles. The first-order valence-corrected chi connectivity index (χ1v) is 8.12. The van der Waals surface area contributed by atoms with E-state index in [1.54, 1.807) is 13.0 Å². The zero-order chi connectivity index (χ0) is 17.4. The molecule has 0 amide bonds. The van der Waals surface area contributed by atoms with E-state index in [-0.39, 0.29) is 12.4 Å². The monoisotopic (exact) mass is 324 g/mol. The fraction of sp³-hybridized carbons (Fsp3) is 0.286. The summed E-state index contributed by atoms with van der Waals surface area (Å²) in [6.07, 6.45) is 2.59. The molecule has 2 aromatic carbocycles. The molecule has 1 atom stereocenters. The van der Waals surface area contributed by atoms with Crippen LogP contribution in [0.2, 0.25) is 0 Å². The minimum atomic E-state index is -0.747. The lowest BCUT2D eigenvalue weighted by Gasteiger charge is -2.30. The number of benzene rings is 2. The Morgan fingerprint density at radius 2 is 1.96 bits per heavy atom. The number of rotatable bonds is 9. The van der Waals surface area contributed by atoms with Gasteiger partial charge in [0.05, 0.1) is 5.41 Å². The van der Waals surface area contributed by atoms with E-state index in [0.717, 1.165) is 11.1 Å². The van der Waals surface area contributed by atoms with Gasteiger partial charge in [0.15, 0.2) is 0 Å². The van der Waals surface area contributed by atoms with Gasteiger partial charge in [-0.2, -0.15) is 0 Å². The highest BCUT2D eigenvalue weighted by Crippen LogP contribution is 2.35. The van der Waals surface area contributed by atoms with Crippen LogP contribution in [0.25, 0.3) is 0 Å². The second-order valence-corrected chi connectivity index (χ2v) is 5.91. The lowest BCUT2D eigenvalue weighted by molar-refractivity contribution is -0.123. The van der Waals surface area contributed by atoms with Crippen LogP contribution in [0.5, 0.6) is 5.75 Å². The summed E-state index contributed by atoms with van der Waals surface area (Å²) in [5, 5.41) is 9.44. The Hall–Kier alpha value is -2.39. The van der Waals surface area contributed by atoms with E-state index in [1.807, 2.05) is 54.6 Å². The summed E-state index contributed by atoms with van der Waals surface area (Å²) in [6.45, 7) is 5.75. The number of aliphatic hydroxyl groups excluding tert-OH is 1. The molecule has 3 nitrogen and oxygen atoms in total. The molecule has 1 unspecified atom stereocenters. The molecule has 0 aliphatic carbocycles. The molecule has 24 heavy (non-hydrogen) atoms. The second kappa shape index (κ2) is 8.46. The van der Waals surface area contributed by atoms with E-state index < -0.39 is 5.41 Å². The molecule has 2 rings (SSSR count). The van der Waals surface area contributed by atoms with E-state index in [2.05, 4.69) is 6.58 Å². The van der Waals surface area contributed by atoms with Crippen LogP contribution in [0, 0.1) is 0 Å². The third-order valence-corrected chi connectivity index (χ3v) is 4.34. The van der Waals surface area contributed by atoms with Crippen LogP contribution in [0.4, 0.5) is 0 Å². The van der Waals surface area contributed by atoms with Crippen molar-refractivity contribution in [1.82, 2.24) is 0 Å². The van der Waals surface area contributed by atoms with Crippen molar-refractivity contribution < 1.29 is 14.6 Å². The Balaban J connectivity index is 2.26. The van der Waals surface area contributed by atoms with Crippen molar-refractivity contribution in [2.75, 3.05) is 6.61 Å². The number of Topliss-reactive ketones (excluding diaryl/α,β-unsaturated/α-hetero) is 1. The summed E-state index contributed by atoms with van der Waals surface area (Å²) in [5.41, 5.74) is 1.19. The number of hydrogen-bond donors (Lipinski definition) is 1. The van der Waals surface area contributed by atoms with E-state index in [9.17, 15) is 9.90 Å². The van der Waals surface area contributed by atoms with Crippen LogP contribution in [-0.2, 0) is 16.8 Å². The molecular weight excluding hydrogens is 300 g/mol. The summed E-state index contributed by atoms with van der Waals surface area (Å²) in [7, 11) is 0. The van der Waals surface area contributed by atoms with Gasteiger partial charge < -0.3 is 9.84 Å². The first-order valence-electron chi connectivity index (χ1n) is 8.12. The number of ether oxygens (including phenoxy) is 1. The number of ketones is 1. The van der Waals surface area contributed by atoms with E-state index in [4.69, 9.17) is 4.74 Å². The van der Waals surface area contributed by atoms with E-state index in [0.29, 0.717) is 25.2 Å². The van der Waals surface area contributed by atoms with Gasteiger partial charge in [-0.15, -0.1) is 6.58 Å². The Morgan fingerprint density at radius 1 is 1.21 bits per heavy atom. The number of allylic oxidation sites excluding steroid dienone is 1. The minimum absolute atomic E-state index is 0.0247. The van der Waals surface area contributed by atoms with Gasteiger partial charge in [-0.1, -0.05) is 48.5 Å². The van der Waals surface area contributed by atoms with Crippen LogP contribution < -0.4 is 4.74 Å². The predicted molar refractivity (Wildman–Crippen MR) is 96.1 cm³/mol. The molecule has 3 heteroatoms. The molecule has 1 N–H and O–H groups in total. The third-order valence-electron chi connectivity index (χ3n) is 4.34. The summed E-state index contributed by atoms with van der Waals surface area (Å²) in [5.74, 6) is 0.737. The molecule has 0 aliphatic heterocycles. The number of carbonyl (C=O) groups is 1. The van der Waals surface area contributed by atoms with Crippen LogP contribution in [0.1, 0.15) is 30.9 Å². The fourth-order valence-corrected chi connectivity index (χ4v) is 2.95. The van der Waals surface area contributed by atoms with Crippen molar-refractivity contribution in [2.24, 2.45) is 0 Å². The number of carbonyl (C=O) groups excluding carboxylic acids is 1. The van der Waals surface area contributed by atoms with Crippen LogP contribution in [0.15, 0.2) is 67.3 Å². The van der Waals surface area contributed by atoms with Crippen molar-refractivity contribution in [3.63, 3.8) is 0 Å². The zero-order valence-corrected chi connectivity index (χ0v) is 14.1. The van der Waals surface area contributed by atoms with Crippen molar-refractivity contribution in [3.05, 3.63) is 78.4 Å². The predicted octanol–water partition coefficient (Wildman–Crippen LogP) is 4.05. The van der Waals surface area contributed by atoms with E-state index >= 15 is 0 Å². The molecule has 0 radical (unpaired) electrons. The van der Waals surface area contributed by atoms with Gasteiger partial charge in [-0.25, -0.2) is 0 Å². The molecule has 0 aliphatic rings. The molecule has 2 aromatic rings. The lowest BCUT2D eigenvalue weighted by atomic mass is 9.72. The van der Waals surface area contributed by atoms with Crippen LogP contribution >= 0.6 is 0 Å². The smallest absolute Gasteiger partial charge is 0.140 e. The average Bonchev–Trinajstić information content (AvgIpc) is 2.60. The minimum Gasteiger partial charge on any atom is -0.489 e. The summed E-state index contributed by atoms with van der Waals surface area (Å²) < 4.78 is 5.86. The lowest BCUT2D eigenvalue weighted by Crippen LogP contribution is -2.35. The standard InChI is InChI=1S/C21H24O3/c1-3-12-21(13-14-22,17(2)23)19-10-7-11-20(15-19)24-16-18-8-5-4-6-9-18/h3-11,15,22H,1,12-14,16H2,2H3. The molecule has 0 fully saturated rings. The van der Waals surface area contributed by atoms with Crippen LogP contribution in [-0.4, -0.2) is 17.5 Å². The van der Waals surface area contributed by atoms with Crippen LogP contribution in [0.3, 0.4) is 0 Å². The number of hydrogen-bond acceptors (Lipinski definition) is 3. The topological polar surface area (TPSA) is 46.5 Å². The van der Waals surface area contributed by atoms with Gasteiger partial charge in [0.2, 0.25) is 0 Å². The number of aliphatic hydroxyl groups is 1. The van der Waals surface area contributed by atoms with Crippen molar-refractivity contribution in [3.8, 4) is 5.75 Å².